The first-order valence-electron chi connectivity index (χ1n) is 17.4. The Morgan fingerprint density at radius 2 is 1.59 bits per heavy atom. The van der Waals surface area contributed by atoms with E-state index in [0.29, 0.717) is 18.4 Å². The lowest BCUT2D eigenvalue weighted by atomic mass is 9.81. The zero-order valence-corrected chi connectivity index (χ0v) is 32.4. The van der Waals surface area contributed by atoms with E-state index in [1.165, 1.54) is 22.7 Å². The summed E-state index contributed by atoms with van der Waals surface area (Å²) in [5.41, 5.74) is 2.30. The number of anilines is 1. The van der Waals surface area contributed by atoms with Crippen molar-refractivity contribution >= 4 is 50.0 Å². The average Bonchev–Trinajstić information content (AvgIpc) is 3.81. The fourth-order valence-electron chi connectivity index (χ4n) is 8.29. The number of hydrogen-bond donors (Lipinski definition) is 1. The largest absolute Gasteiger partial charge is 0.744 e. The van der Waals surface area contributed by atoms with Crippen LogP contribution in [0.25, 0.3) is 26.5 Å². The SMILES string of the molecule is CN1c2cc3c(cc2-c2sccc2C1(C)C)C(c1c(F)c(F)cc(F)c1S(=O)(=O)[O-])=c1cc2c(cc1O3)=[N+](C)C(C)(CCCCCC(=O)O)c1ccsc1-2. The molecule has 3 aromatic carbocycles. The molecule has 0 aliphatic carbocycles. The Morgan fingerprint density at radius 1 is 0.907 bits per heavy atom. The Bertz CT molecular complexity index is 2700. The van der Waals surface area contributed by atoms with E-state index in [4.69, 9.17) is 9.84 Å². The topological polar surface area (TPSA) is 110 Å². The Kier molecular flexibility index (Phi) is 8.45. The Morgan fingerprint density at radius 3 is 2.28 bits per heavy atom. The zero-order chi connectivity index (χ0) is 38.6. The van der Waals surface area contributed by atoms with Gasteiger partial charge in [0.25, 0.3) is 0 Å². The van der Waals surface area contributed by atoms with Crippen LogP contribution in [0.2, 0.25) is 0 Å². The quantitative estimate of drug-likeness (QED) is 0.0723. The van der Waals surface area contributed by atoms with Gasteiger partial charge in [0.15, 0.2) is 17.2 Å². The third-order valence-electron chi connectivity index (χ3n) is 11.5. The van der Waals surface area contributed by atoms with Crippen molar-refractivity contribution < 1.29 is 40.8 Å². The van der Waals surface area contributed by atoms with E-state index in [9.17, 15) is 17.8 Å². The molecule has 2 aromatic heterocycles. The molecule has 0 saturated heterocycles. The highest BCUT2D eigenvalue weighted by atomic mass is 32.2. The molecule has 14 heteroatoms. The minimum Gasteiger partial charge on any atom is -0.744 e. The third kappa shape index (κ3) is 5.35. The van der Waals surface area contributed by atoms with E-state index >= 15 is 13.2 Å². The van der Waals surface area contributed by atoms with Crippen molar-refractivity contribution in [2.45, 2.75) is 68.8 Å². The van der Waals surface area contributed by atoms with Crippen LogP contribution in [0.3, 0.4) is 0 Å². The lowest BCUT2D eigenvalue weighted by Gasteiger charge is -2.43. The van der Waals surface area contributed by atoms with Crippen molar-refractivity contribution in [3.05, 3.63) is 104 Å². The molecular formula is C40H35F3N2O6S3. The summed E-state index contributed by atoms with van der Waals surface area (Å²) in [6, 6.07) is 11.1. The van der Waals surface area contributed by atoms with E-state index in [1.54, 1.807) is 24.3 Å². The van der Waals surface area contributed by atoms with Crippen molar-refractivity contribution in [1.82, 2.24) is 4.58 Å². The Balaban J connectivity index is 1.46. The predicted octanol–water partition coefficient (Wildman–Crippen LogP) is 7.89. The molecule has 1 N–H and O–H groups in total. The summed E-state index contributed by atoms with van der Waals surface area (Å²) in [4.78, 5) is 13.5. The molecule has 0 spiro atoms. The van der Waals surface area contributed by atoms with E-state index in [1.807, 2.05) is 37.0 Å². The van der Waals surface area contributed by atoms with Gasteiger partial charge in [-0.1, -0.05) is 6.42 Å². The van der Waals surface area contributed by atoms with Crippen LogP contribution in [-0.2, 0) is 26.0 Å². The molecule has 5 heterocycles. The van der Waals surface area contributed by atoms with Gasteiger partial charge in [-0.15, -0.1) is 22.7 Å². The molecule has 280 valence electrons. The number of rotatable bonds is 8. The minimum atomic E-state index is -5.68. The third-order valence-corrected chi connectivity index (χ3v) is 14.3. The monoisotopic (exact) mass is 792 g/mol. The zero-order valence-electron chi connectivity index (χ0n) is 30.0. The lowest BCUT2D eigenvalue weighted by Crippen LogP contribution is -2.48. The summed E-state index contributed by atoms with van der Waals surface area (Å²) in [5, 5.41) is 13.9. The van der Waals surface area contributed by atoms with Crippen molar-refractivity contribution in [2.24, 2.45) is 0 Å². The number of fused-ring (bicyclic) bond motifs is 8. The maximum Gasteiger partial charge on any atom is 0.303 e. The highest BCUT2D eigenvalue weighted by molar-refractivity contribution is 7.85. The molecule has 0 radical (unpaired) electrons. The minimum absolute atomic E-state index is 0.0788. The highest BCUT2D eigenvalue weighted by Gasteiger charge is 2.44. The summed E-state index contributed by atoms with van der Waals surface area (Å²) < 4.78 is 94.1. The number of ether oxygens (including phenoxy) is 1. The standard InChI is InChI=1S/C40H35F3N2O6S3/c1-39(2)24-10-13-52-36(24)20-15-22-30(18-28(20)44(39)4)51-31-19-29-21(16-23(31)33(22)34-35(43)26(41)17-27(42)38(34)54(48,49)50)37-25(11-14-53-37)40(3,45(29)5)12-8-6-7-9-32(46)47/h10-11,13-19H,6-9,12H2,1-5H3,(H-,46,47,48,49,50). The second-order valence-electron chi connectivity index (χ2n) is 14.8. The first kappa shape index (κ1) is 36.5. The van der Waals surface area contributed by atoms with Crippen LogP contribution >= 0.6 is 22.7 Å². The second-order valence-corrected chi connectivity index (χ2v) is 17.9. The van der Waals surface area contributed by atoms with Gasteiger partial charge in [0, 0.05) is 82.6 Å². The van der Waals surface area contributed by atoms with Crippen LogP contribution in [0.5, 0.6) is 11.5 Å². The van der Waals surface area contributed by atoms with Crippen LogP contribution in [-0.4, -0.2) is 38.1 Å². The molecule has 8 rings (SSSR count). The average molecular weight is 793 g/mol. The van der Waals surface area contributed by atoms with Crippen molar-refractivity contribution in [2.75, 3.05) is 19.0 Å². The van der Waals surface area contributed by atoms with Gasteiger partial charge in [0.2, 0.25) is 5.36 Å². The number of carbonyl (C=O) groups is 1. The summed E-state index contributed by atoms with van der Waals surface area (Å²) in [6.45, 7) is 6.27. The number of thiophene rings is 2. The van der Waals surface area contributed by atoms with Crippen molar-refractivity contribution in [3.8, 4) is 32.4 Å². The van der Waals surface area contributed by atoms with Crippen LogP contribution in [0.4, 0.5) is 18.9 Å². The van der Waals surface area contributed by atoms with E-state index < -0.39 is 55.1 Å². The van der Waals surface area contributed by atoms with Gasteiger partial charge in [-0.05, 0) is 67.3 Å². The molecule has 1 atom stereocenters. The van der Waals surface area contributed by atoms with Crippen LogP contribution in [0.15, 0.2) is 58.1 Å². The van der Waals surface area contributed by atoms with Crippen molar-refractivity contribution in [3.63, 3.8) is 0 Å². The number of halogens is 3. The number of carboxylic acid groups (broad SMARTS) is 1. The fourth-order valence-corrected chi connectivity index (χ4v) is 11.2. The number of unbranched alkanes of at least 4 members (excludes halogenated alkanes) is 2. The number of benzene rings is 3. The number of hydrogen-bond acceptors (Lipinski definition) is 8. The predicted molar refractivity (Wildman–Crippen MR) is 201 cm³/mol. The molecule has 0 amide bonds. The molecule has 3 aliphatic heterocycles. The molecule has 0 bridgehead atoms. The maximum atomic E-state index is 16.3. The summed E-state index contributed by atoms with van der Waals surface area (Å²) in [5.74, 6) is -5.48. The number of carboxylic acids is 1. The van der Waals surface area contributed by atoms with Crippen molar-refractivity contribution in [1.29, 1.82) is 0 Å². The first-order chi connectivity index (χ1) is 25.4. The van der Waals surface area contributed by atoms with Gasteiger partial charge in [0.1, 0.15) is 39.4 Å². The van der Waals surface area contributed by atoms with E-state index in [0.717, 1.165) is 50.3 Å². The Labute approximate surface area is 317 Å². The molecular weight excluding hydrogens is 758 g/mol. The molecule has 0 fully saturated rings. The van der Waals surface area contributed by atoms with Crippen LogP contribution in [0.1, 0.15) is 75.1 Å². The highest BCUT2D eigenvalue weighted by Crippen LogP contribution is 2.53. The van der Waals surface area contributed by atoms with Crippen LogP contribution in [0, 0.1) is 17.5 Å². The van der Waals surface area contributed by atoms with Gasteiger partial charge in [0.05, 0.1) is 22.0 Å². The van der Waals surface area contributed by atoms with E-state index in [2.05, 4.69) is 30.2 Å². The second kappa shape index (κ2) is 12.5. The summed E-state index contributed by atoms with van der Waals surface area (Å²) in [7, 11) is -1.80. The van der Waals surface area contributed by atoms with Gasteiger partial charge in [-0.2, -0.15) is 0 Å². The van der Waals surface area contributed by atoms with Crippen LogP contribution < -0.4 is 24.8 Å². The van der Waals surface area contributed by atoms with Gasteiger partial charge < -0.3 is 19.3 Å². The fraction of sp³-hybridized carbons (Fsp3) is 0.300. The number of aliphatic carboxylic acids is 1. The molecule has 0 saturated carbocycles. The Hall–Kier alpha value is -4.50. The first-order valence-corrected chi connectivity index (χ1v) is 20.5. The van der Waals surface area contributed by atoms with Gasteiger partial charge >= 0.3 is 5.97 Å². The molecule has 54 heavy (non-hydrogen) atoms. The maximum absolute atomic E-state index is 16.3. The van der Waals surface area contributed by atoms with Gasteiger partial charge in [-0.25, -0.2) is 26.2 Å². The van der Waals surface area contributed by atoms with E-state index in [-0.39, 0.29) is 40.3 Å². The molecule has 8 nitrogen and oxygen atoms in total. The molecule has 5 aromatic rings. The lowest BCUT2D eigenvalue weighted by molar-refractivity contribution is -0.137. The van der Waals surface area contributed by atoms with Gasteiger partial charge in [-0.3, -0.25) is 4.79 Å². The summed E-state index contributed by atoms with van der Waals surface area (Å²) >= 11 is 2.98. The smallest absolute Gasteiger partial charge is 0.303 e. The molecule has 3 aliphatic rings. The normalized spacial score (nSPS) is 17.9. The number of nitrogens with zero attached hydrogens (tertiary/aromatic N) is 2. The molecule has 1 unspecified atom stereocenters. The summed E-state index contributed by atoms with van der Waals surface area (Å²) in [6.07, 6.45) is 2.86.